The largest absolute Gasteiger partial charge is 0.328 e. The smallest absolute Gasteiger partial charge is 0.0235 e. The highest BCUT2D eigenvalue weighted by Gasteiger charge is 2.29. The summed E-state index contributed by atoms with van der Waals surface area (Å²) in [5.74, 6) is 0. The third-order valence-corrected chi connectivity index (χ3v) is 4.17. The molecule has 0 amide bonds. The first-order chi connectivity index (χ1) is 7.79. The number of nitrogens with two attached hydrogens (primary N) is 1. The van der Waals surface area contributed by atoms with Crippen molar-refractivity contribution in [2.24, 2.45) is 5.73 Å². The van der Waals surface area contributed by atoms with E-state index in [0.717, 1.165) is 6.04 Å². The first-order valence-electron chi connectivity index (χ1n) is 7.01. The van der Waals surface area contributed by atoms with Crippen molar-refractivity contribution in [3.8, 4) is 0 Å². The molecule has 16 heavy (non-hydrogen) atoms. The molecule has 0 aromatic heterocycles. The zero-order valence-corrected chi connectivity index (χ0v) is 10.7. The number of likely N-dealkylation sites (tertiary alicyclic amines) is 2. The van der Waals surface area contributed by atoms with Gasteiger partial charge in [-0.05, 0) is 51.9 Å². The van der Waals surface area contributed by atoms with Gasteiger partial charge in [0.05, 0.1) is 0 Å². The van der Waals surface area contributed by atoms with Gasteiger partial charge in [-0.1, -0.05) is 13.3 Å². The van der Waals surface area contributed by atoms with Crippen molar-refractivity contribution < 1.29 is 0 Å². The Kier molecular flexibility index (Phi) is 4.62. The van der Waals surface area contributed by atoms with Gasteiger partial charge >= 0.3 is 0 Å². The molecule has 2 fully saturated rings. The van der Waals surface area contributed by atoms with Crippen LogP contribution in [-0.4, -0.2) is 54.6 Å². The van der Waals surface area contributed by atoms with Crippen molar-refractivity contribution in [1.29, 1.82) is 0 Å². The highest BCUT2D eigenvalue weighted by atomic mass is 15.3. The van der Waals surface area contributed by atoms with Gasteiger partial charge in [0.25, 0.3) is 0 Å². The van der Waals surface area contributed by atoms with E-state index in [1.165, 1.54) is 64.8 Å². The van der Waals surface area contributed by atoms with Crippen molar-refractivity contribution in [3.63, 3.8) is 0 Å². The van der Waals surface area contributed by atoms with E-state index in [1.807, 2.05) is 0 Å². The fourth-order valence-electron chi connectivity index (χ4n) is 2.98. The molecule has 2 rings (SSSR count). The van der Waals surface area contributed by atoms with Gasteiger partial charge in [0.2, 0.25) is 0 Å². The lowest BCUT2D eigenvalue weighted by molar-refractivity contribution is 0.152. The molecule has 3 nitrogen and oxygen atoms in total. The lowest BCUT2D eigenvalue weighted by Gasteiger charge is -2.34. The summed E-state index contributed by atoms with van der Waals surface area (Å²) in [4.78, 5) is 5.32. The molecule has 1 atom stereocenters. The van der Waals surface area contributed by atoms with E-state index in [9.17, 15) is 0 Å². The van der Waals surface area contributed by atoms with Crippen molar-refractivity contribution >= 4 is 0 Å². The van der Waals surface area contributed by atoms with Gasteiger partial charge in [-0.25, -0.2) is 0 Å². The molecular formula is C13H27N3. The van der Waals surface area contributed by atoms with Crippen LogP contribution in [0.1, 0.15) is 39.0 Å². The molecule has 2 N–H and O–H groups in total. The molecule has 0 radical (unpaired) electrons. The number of hydrogen-bond donors (Lipinski definition) is 1. The molecule has 2 aliphatic heterocycles. The molecule has 0 bridgehead atoms. The summed E-state index contributed by atoms with van der Waals surface area (Å²) in [7, 11) is 0. The van der Waals surface area contributed by atoms with E-state index in [0.29, 0.717) is 6.04 Å². The van der Waals surface area contributed by atoms with E-state index in [2.05, 4.69) is 16.7 Å². The minimum Gasteiger partial charge on any atom is -0.328 e. The van der Waals surface area contributed by atoms with Gasteiger partial charge in [-0.15, -0.1) is 0 Å². The Hall–Kier alpha value is -0.120. The van der Waals surface area contributed by atoms with Gasteiger partial charge in [-0.2, -0.15) is 0 Å². The molecule has 3 heteroatoms. The summed E-state index contributed by atoms with van der Waals surface area (Å²) in [5, 5.41) is 0. The van der Waals surface area contributed by atoms with E-state index in [1.54, 1.807) is 0 Å². The minimum absolute atomic E-state index is 0.467. The molecule has 0 spiro atoms. The predicted molar refractivity (Wildman–Crippen MR) is 68.5 cm³/mol. The summed E-state index contributed by atoms with van der Waals surface area (Å²) < 4.78 is 0. The number of unbranched alkanes of at least 4 members (excludes halogenated alkanes) is 1. The number of hydrogen-bond acceptors (Lipinski definition) is 3. The number of piperidine rings is 1. The summed E-state index contributed by atoms with van der Waals surface area (Å²) in [6.45, 7) is 8.66. The average Bonchev–Trinajstić information content (AvgIpc) is 2.76. The number of rotatable bonds is 4. The summed E-state index contributed by atoms with van der Waals surface area (Å²) in [6.07, 6.45) is 6.45. The molecule has 94 valence electrons. The molecule has 0 aromatic rings. The molecule has 0 aromatic carbocycles. The second-order valence-electron chi connectivity index (χ2n) is 5.47. The van der Waals surface area contributed by atoms with Gasteiger partial charge in [0, 0.05) is 18.6 Å². The second-order valence-corrected chi connectivity index (χ2v) is 5.47. The Morgan fingerprint density at radius 3 is 2.56 bits per heavy atom. The predicted octanol–water partition coefficient (Wildman–Crippen LogP) is 1.28. The normalized spacial score (nSPS) is 30.0. The summed E-state index contributed by atoms with van der Waals surface area (Å²) in [6, 6.07) is 1.29. The Balaban J connectivity index is 1.71. The van der Waals surface area contributed by atoms with Crippen LogP contribution in [0.3, 0.4) is 0 Å². The Labute approximate surface area is 100.0 Å². The highest BCUT2D eigenvalue weighted by molar-refractivity contribution is 4.86. The first kappa shape index (κ1) is 12.3. The Morgan fingerprint density at radius 1 is 1.12 bits per heavy atom. The van der Waals surface area contributed by atoms with Gasteiger partial charge in [0.1, 0.15) is 0 Å². The van der Waals surface area contributed by atoms with Gasteiger partial charge in [0.15, 0.2) is 0 Å². The molecule has 0 aliphatic carbocycles. The van der Waals surface area contributed by atoms with Crippen molar-refractivity contribution in [2.45, 2.75) is 51.1 Å². The van der Waals surface area contributed by atoms with Crippen LogP contribution < -0.4 is 5.73 Å². The van der Waals surface area contributed by atoms with Gasteiger partial charge in [-0.3, -0.25) is 4.90 Å². The van der Waals surface area contributed by atoms with E-state index >= 15 is 0 Å². The maximum absolute atomic E-state index is 5.95. The van der Waals surface area contributed by atoms with Crippen LogP contribution in [0, 0.1) is 0 Å². The first-order valence-corrected chi connectivity index (χ1v) is 7.01. The highest BCUT2D eigenvalue weighted by Crippen LogP contribution is 2.20. The molecule has 2 saturated heterocycles. The van der Waals surface area contributed by atoms with Crippen LogP contribution in [0.15, 0.2) is 0 Å². The second kappa shape index (κ2) is 5.99. The maximum Gasteiger partial charge on any atom is 0.0235 e. The Bertz CT molecular complexity index is 199. The third-order valence-electron chi connectivity index (χ3n) is 4.17. The van der Waals surface area contributed by atoms with Crippen LogP contribution in [0.2, 0.25) is 0 Å². The maximum atomic E-state index is 5.95. The molecule has 1 unspecified atom stereocenters. The molecule has 2 aliphatic rings. The molecule has 0 saturated carbocycles. The monoisotopic (exact) mass is 225 g/mol. The van der Waals surface area contributed by atoms with E-state index < -0.39 is 0 Å². The quantitative estimate of drug-likeness (QED) is 0.782. The lowest BCUT2D eigenvalue weighted by atomic mass is 10.0. The standard InChI is InChI=1S/C13H27N3/c1-2-3-7-15-8-6-13(11-15)16-9-4-12(14)5-10-16/h12-13H,2-11,14H2,1H3. The lowest BCUT2D eigenvalue weighted by Crippen LogP contribution is -2.46. The van der Waals surface area contributed by atoms with Crippen LogP contribution in [0.25, 0.3) is 0 Å². The summed E-state index contributed by atoms with van der Waals surface area (Å²) >= 11 is 0. The zero-order chi connectivity index (χ0) is 11.4. The van der Waals surface area contributed by atoms with Crippen LogP contribution in [-0.2, 0) is 0 Å². The SMILES string of the molecule is CCCCN1CCC(N2CCC(N)CC2)C1. The zero-order valence-electron chi connectivity index (χ0n) is 10.7. The molecule has 2 heterocycles. The van der Waals surface area contributed by atoms with Crippen molar-refractivity contribution in [2.75, 3.05) is 32.7 Å². The molecular weight excluding hydrogens is 198 g/mol. The fraction of sp³-hybridized carbons (Fsp3) is 1.00. The van der Waals surface area contributed by atoms with Crippen molar-refractivity contribution in [1.82, 2.24) is 9.80 Å². The summed E-state index contributed by atoms with van der Waals surface area (Å²) in [5.41, 5.74) is 5.95. The van der Waals surface area contributed by atoms with Crippen molar-refractivity contribution in [3.05, 3.63) is 0 Å². The minimum atomic E-state index is 0.467. The van der Waals surface area contributed by atoms with Crippen LogP contribution >= 0.6 is 0 Å². The van der Waals surface area contributed by atoms with Crippen LogP contribution in [0.5, 0.6) is 0 Å². The van der Waals surface area contributed by atoms with E-state index in [-0.39, 0.29) is 0 Å². The third kappa shape index (κ3) is 3.19. The average molecular weight is 225 g/mol. The van der Waals surface area contributed by atoms with E-state index in [4.69, 9.17) is 5.73 Å². The Morgan fingerprint density at radius 2 is 1.88 bits per heavy atom. The van der Waals surface area contributed by atoms with Crippen LogP contribution in [0.4, 0.5) is 0 Å². The number of nitrogens with zero attached hydrogens (tertiary/aromatic N) is 2. The topological polar surface area (TPSA) is 32.5 Å². The fourth-order valence-corrected chi connectivity index (χ4v) is 2.98. The van der Waals surface area contributed by atoms with Gasteiger partial charge < -0.3 is 10.6 Å².